The zero-order valence-corrected chi connectivity index (χ0v) is 7.15. The molecule has 0 amide bonds. The van der Waals surface area contributed by atoms with Crippen molar-refractivity contribution in [3.8, 4) is 0 Å². The van der Waals surface area contributed by atoms with Crippen molar-refractivity contribution in [3.05, 3.63) is 11.8 Å². The van der Waals surface area contributed by atoms with Gasteiger partial charge in [0.2, 0.25) is 0 Å². The van der Waals surface area contributed by atoms with Gasteiger partial charge in [0, 0.05) is 6.08 Å². The highest BCUT2D eigenvalue weighted by Crippen LogP contribution is 2.21. The van der Waals surface area contributed by atoms with Gasteiger partial charge in [-0.1, -0.05) is 0 Å². The molecule has 0 aromatic carbocycles. The summed E-state index contributed by atoms with van der Waals surface area (Å²) in [5.74, 6) is -0.407. The van der Waals surface area contributed by atoms with Crippen LogP contribution in [-0.2, 0) is 9.53 Å². The summed E-state index contributed by atoms with van der Waals surface area (Å²) in [5.41, 5.74) is 0. The van der Waals surface area contributed by atoms with Crippen molar-refractivity contribution in [2.45, 2.75) is 17.6 Å². The van der Waals surface area contributed by atoms with E-state index in [1.165, 1.54) is 7.11 Å². The van der Waals surface area contributed by atoms with E-state index in [2.05, 4.69) is 4.74 Å². The average molecular weight is 193 g/mol. The van der Waals surface area contributed by atoms with Crippen LogP contribution in [0.2, 0.25) is 0 Å². The zero-order valence-electron chi connectivity index (χ0n) is 6.40. The quantitative estimate of drug-likeness (QED) is 0.546. The monoisotopic (exact) mass is 192 g/mol. The van der Waals surface area contributed by atoms with Crippen LogP contribution in [-0.4, -0.2) is 40.7 Å². The Morgan fingerprint density at radius 2 is 2.17 bits per heavy atom. The van der Waals surface area contributed by atoms with Gasteiger partial charge in [0.15, 0.2) is 5.78 Å². The van der Waals surface area contributed by atoms with Crippen LogP contribution in [0.1, 0.15) is 0 Å². The largest absolute Gasteiger partial charge is 0.498 e. The van der Waals surface area contributed by atoms with E-state index in [9.17, 15) is 15.0 Å². The van der Waals surface area contributed by atoms with E-state index in [0.29, 0.717) is 0 Å². The van der Waals surface area contributed by atoms with Crippen LogP contribution < -0.4 is 0 Å². The van der Waals surface area contributed by atoms with Gasteiger partial charge in [0.05, 0.1) is 7.11 Å². The highest BCUT2D eigenvalue weighted by molar-refractivity contribution is 6.33. The molecule has 0 aliphatic heterocycles. The van der Waals surface area contributed by atoms with Crippen LogP contribution in [0.25, 0.3) is 0 Å². The van der Waals surface area contributed by atoms with Gasteiger partial charge in [-0.3, -0.25) is 4.79 Å². The molecule has 5 heteroatoms. The Kier molecular flexibility index (Phi) is 2.72. The van der Waals surface area contributed by atoms with Crippen molar-refractivity contribution >= 4 is 17.4 Å². The molecule has 0 fully saturated rings. The standard InChI is InChI=1S/C7H9ClO4/c1-12-4-2-3(9)5(8)7(11)6(4)10/h2,5-7,10-11H,1H3/t5-,6-,7?/m1/s1. The molecule has 2 N–H and O–H groups in total. The molecule has 0 aromatic rings. The number of aliphatic hydroxyl groups is 2. The molecule has 0 saturated carbocycles. The molecule has 0 aromatic heterocycles. The second-order valence-corrected chi connectivity index (χ2v) is 2.96. The summed E-state index contributed by atoms with van der Waals surface area (Å²) in [6.07, 6.45) is -1.41. The van der Waals surface area contributed by atoms with Crippen molar-refractivity contribution in [2.24, 2.45) is 0 Å². The zero-order chi connectivity index (χ0) is 9.30. The van der Waals surface area contributed by atoms with Gasteiger partial charge in [-0.05, 0) is 0 Å². The summed E-state index contributed by atoms with van der Waals surface area (Å²) in [4.78, 5) is 11.0. The lowest BCUT2D eigenvalue weighted by Crippen LogP contribution is -2.43. The molecule has 1 aliphatic carbocycles. The fourth-order valence-electron chi connectivity index (χ4n) is 0.982. The molecule has 0 spiro atoms. The summed E-state index contributed by atoms with van der Waals surface area (Å²) in [6.45, 7) is 0. The highest BCUT2D eigenvalue weighted by Gasteiger charge is 2.37. The molecule has 0 saturated heterocycles. The van der Waals surface area contributed by atoms with Crippen LogP contribution in [0.5, 0.6) is 0 Å². The number of allylic oxidation sites excluding steroid dienone is 1. The van der Waals surface area contributed by atoms with Gasteiger partial charge in [-0.25, -0.2) is 0 Å². The molecule has 0 heterocycles. The minimum atomic E-state index is -1.29. The van der Waals surface area contributed by atoms with Crippen molar-refractivity contribution in [1.29, 1.82) is 0 Å². The van der Waals surface area contributed by atoms with Gasteiger partial charge < -0.3 is 14.9 Å². The molecule has 1 unspecified atom stereocenters. The number of carbonyl (C=O) groups excluding carboxylic acids is 1. The first-order chi connectivity index (χ1) is 5.57. The molecular weight excluding hydrogens is 184 g/mol. The highest BCUT2D eigenvalue weighted by atomic mass is 35.5. The van der Waals surface area contributed by atoms with Crippen molar-refractivity contribution in [2.75, 3.05) is 7.11 Å². The van der Waals surface area contributed by atoms with Crippen molar-refractivity contribution in [1.82, 2.24) is 0 Å². The summed E-state index contributed by atoms with van der Waals surface area (Å²) < 4.78 is 4.66. The van der Waals surface area contributed by atoms with Gasteiger partial charge in [-0.15, -0.1) is 11.6 Å². The maximum atomic E-state index is 11.0. The van der Waals surface area contributed by atoms with E-state index >= 15 is 0 Å². The van der Waals surface area contributed by atoms with Crippen LogP contribution in [0, 0.1) is 0 Å². The number of hydrogen-bond donors (Lipinski definition) is 2. The van der Waals surface area contributed by atoms with Crippen LogP contribution in [0.15, 0.2) is 11.8 Å². The Morgan fingerprint density at radius 3 is 2.67 bits per heavy atom. The lowest BCUT2D eigenvalue weighted by atomic mass is 9.98. The van der Waals surface area contributed by atoms with Crippen LogP contribution in [0.3, 0.4) is 0 Å². The second kappa shape index (κ2) is 3.43. The predicted molar refractivity (Wildman–Crippen MR) is 41.8 cm³/mol. The van der Waals surface area contributed by atoms with Crippen LogP contribution in [0.4, 0.5) is 0 Å². The first kappa shape index (κ1) is 9.51. The summed E-state index contributed by atoms with van der Waals surface area (Å²) in [6, 6.07) is 0. The molecule has 0 bridgehead atoms. The number of carbonyl (C=O) groups is 1. The third kappa shape index (κ3) is 1.46. The number of methoxy groups -OCH3 is 1. The maximum absolute atomic E-state index is 11.0. The Hall–Kier alpha value is -0.580. The number of hydrogen-bond acceptors (Lipinski definition) is 4. The Balaban J connectivity index is 2.91. The number of ketones is 1. The van der Waals surface area contributed by atoms with Gasteiger partial charge in [0.25, 0.3) is 0 Å². The first-order valence-electron chi connectivity index (χ1n) is 3.37. The molecule has 4 nitrogen and oxygen atoms in total. The first-order valence-corrected chi connectivity index (χ1v) is 3.81. The van der Waals surface area contributed by atoms with Gasteiger partial charge >= 0.3 is 0 Å². The van der Waals surface area contributed by atoms with E-state index in [0.717, 1.165) is 6.08 Å². The number of rotatable bonds is 1. The van der Waals surface area contributed by atoms with E-state index < -0.39 is 23.4 Å². The van der Waals surface area contributed by atoms with Crippen molar-refractivity contribution < 1.29 is 19.7 Å². The minimum absolute atomic E-state index is 0.0457. The maximum Gasteiger partial charge on any atom is 0.179 e. The fraction of sp³-hybridized carbons (Fsp3) is 0.571. The lowest BCUT2D eigenvalue weighted by molar-refractivity contribution is -0.119. The predicted octanol–water partition coefficient (Wildman–Crippen LogP) is -0.571. The average Bonchev–Trinajstić information content (AvgIpc) is 2.08. The number of ether oxygens (including phenoxy) is 1. The smallest absolute Gasteiger partial charge is 0.179 e. The molecule has 1 aliphatic rings. The molecular formula is C7H9ClO4. The topological polar surface area (TPSA) is 66.8 Å². The SMILES string of the molecule is COC1=CC(=O)[C@@H](Cl)C(O)[C@@H]1O. The molecule has 0 radical (unpaired) electrons. The van der Waals surface area contributed by atoms with E-state index in [1.807, 2.05) is 0 Å². The molecule has 1 rings (SSSR count). The summed E-state index contributed by atoms with van der Waals surface area (Å²) in [5, 5.41) is 17.4. The van der Waals surface area contributed by atoms with Gasteiger partial charge in [-0.2, -0.15) is 0 Å². The third-order valence-corrected chi connectivity index (χ3v) is 2.18. The molecule has 3 atom stereocenters. The van der Waals surface area contributed by atoms with E-state index in [4.69, 9.17) is 11.6 Å². The molecule has 68 valence electrons. The normalized spacial score (nSPS) is 36.2. The minimum Gasteiger partial charge on any atom is -0.498 e. The van der Waals surface area contributed by atoms with Crippen molar-refractivity contribution in [3.63, 3.8) is 0 Å². The number of halogens is 1. The third-order valence-electron chi connectivity index (χ3n) is 1.71. The van der Waals surface area contributed by atoms with E-state index in [1.54, 1.807) is 0 Å². The van der Waals surface area contributed by atoms with E-state index in [-0.39, 0.29) is 5.76 Å². The Labute approximate surface area is 74.4 Å². The number of aliphatic hydroxyl groups excluding tert-OH is 2. The van der Waals surface area contributed by atoms with Gasteiger partial charge in [0.1, 0.15) is 23.3 Å². The Morgan fingerprint density at radius 1 is 1.58 bits per heavy atom. The van der Waals surface area contributed by atoms with Crippen LogP contribution >= 0.6 is 11.6 Å². The fourth-order valence-corrected chi connectivity index (χ4v) is 1.18. The number of alkyl halides is 1. The summed E-state index contributed by atoms with van der Waals surface area (Å²) in [7, 11) is 1.31. The second-order valence-electron chi connectivity index (χ2n) is 2.49. The lowest BCUT2D eigenvalue weighted by Gasteiger charge is -2.26. The summed E-state index contributed by atoms with van der Waals surface area (Å²) >= 11 is 5.48. The Bertz CT molecular complexity index is 225. The molecule has 12 heavy (non-hydrogen) atoms.